The van der Waals surface area contributed by atoms with Crippen LogP contribution in [0, 0.1) is 11.3 Å². The van der Waals surface area contributed by atoms with E-state index < -0.39 is 14.0 Å². The summed E-state index contributed by atoms with van der Waals surface area (Å²) in [6.07, 6.45) is 3.12. The predicted molar refractivity (Wildman–Crippen MR) is 106 cm³/mol. The summed E-state index contributed by atoms with van der Waals surface area (Å²) in [4.78, 5) is 11.1. The molecule has 0 saturated heterocycles. The van der Waals surface area contributed by atoms with Crippen molar-refractivity contribution in [2.45, 2.75) is 45.0 Å². The molecular weight excluding hydrogens is 342 g/mol. The van der Waals surface area contributed by atoms with Crippen LogP contribution < -0.4 is 9.92 Å². The highest BCUT2D eigenvalue weighted by Gasteiger charge is 2.35. The molecule has 2 aromatic rings. The van der Waals surface area contributed by atoms with Gasteiger partial charge in [0.15, 0.2) is 0 Å². The van der Waals surface area contributed by atoms with Gasteiger partial charge >= 0.3 is 5.97 Å². The van der Waals surface area contributed by atoms with Crippen LogP contribution in [0.1, 0.15) is 42.1 Å². The molecule has 0 radical (unpaired) electrons. The average molecular weight is 368 g/mol. The number of carboxylic acid groups (broad SMARTS) is 1. The molecule has 0 spiro atoms. The summed E-state index contributed by atoms with van der Waals surface area (Å²) in [6.45, 7) is 6.68. The zero-order valence-electron chi connectivity index (χ0n) is 15.5. The van der Waals surface area contributed by atoms with Gasteiger partial charge in [0.1, 0.15) is 13.8 Å². The van der Waals surface area contributed by atoms with Crippen molar-refractivity contribution in [2.24, 2.45) is 0 Å². The molecule has 0 fully saturated rings. The van der Waals surface area contributed by atoms with E-state index in [2.05, 4.69) is 26.1 Å². The molecule has 0 aliphatic rings. The number of aromatic carboxylic acids is 1. The van der Waals surface area contributed by atoms with E-state index in [9.17, 15) is 4.79 Å². The maximum absolute atomic E-state index is 11.1. The Morgan fingerprint density at radius 1 is 1.15 bits per heavy atom. The van der Waals surface area contributed by atoms with Crippen LogP contribution in [0.25, 0.3) is 0 Å². The van der Waals surface area contributed by atoms with Gasteiger partial charge in [0.05, 0.1) is 22.9 Å². The van der Waals surface area contributed by atoms with Crippen molar-refractivity contribution in [3.63, 3.8) is 0 Å². The normalized spacial score (nSPS) is 12.2. The number of ether oxygens (including phenoxy) is 1. The topological polar surface area (TPSA) is 70.3 Å². The number of unbranched alkanes of at least 4 members (excludes halogenated alkanes) is 1. The largest absolute Gasteiger partial charge is 0.494 e. The fraction of sp³-hybridized carbons (Fsp3) is 0.333. The zero-order chi connectivity index (χ0) is 19.2. The molecule has 0 heterocycles. The minimum absolute atomic E-state index is 0.0751. The molecule has 1 unspecified atom stereocenters. The molecule has 2 rings (SSSR count). The second-order valence-corrected chi connectivity index (χ2v) is 11.7. The van der Waals surface area contributed by atoms with E-state index in [-0.39, 0.29) is 5.73 Å². The second kappa shape index (κ2) is 8.68. The highest BCUT2D eigenvalue weighted by atomic mass is 28.3. The van der Waals surface area contributed by atoms with E-state index in [1.165, 1.54) is 5.19 Å². The number of hydrogen-bond acceptors (Lipinski definition) is 3. The number of carbonyl (C=O) groups is 1. The van der Waals surface area contributed by atoms with Gasteiger partial charge in [-0.15, -0.1) is 0 Å². The summed E-state index contributed by atoms with van der Waals surface area (Å²) in [5.41, 5.74) is 0.992. The quantitative estimate of drug-likeness (QED) is 0.704. The molecule has 26 heavy (non-hydrogen) atoms. The SMILES string of the molecule is CCCCC(Oc1ccc(C#N)cc1)[Si](C)(C)c1ccc(C(=O)O)cc1. The monoisotopic (exact) mass is 367 g/mol. The van der Waals surface area contributed by atoms with Crippen LogP contribution in [-0.4, -0.2) is 24.9 Å². The average Bonchev–Trinajstić information content (AvgIpc) is 2.65. The van der Waals surface area contributed by atoms with Crippen molar-refractivity contribution >= 4 is 19.2 Å². The number of hydrogen-bond donors (Lipinski definition) is 1. The number of nitrogens with zero attached hydrogens (tertiary/aromatic N) is 1. The molecule has 0 amide bonds. The Hall–Kier alpha value is -2.58. The first-order valence-corrected chi connectivity index (χ1v) is 12.0. The molecule has 5 heteroatoms. The first kappa shape index (κ1) is 19.7. The second-order valence-electron chi connectivity index (χ2n) is 6.99. The van der Waals surface area contributed by atoms with Crippen LogP contribution in [0.3, 0.4) is 0 Å². The minimum atomic E-state index is -1.99. The van der Waals surface area contributed by atoms with Gasteiger partial charge in [0, 0.05) is 0 Å². The predicted octanol–water partition coefficient (Wildman–Crippen LogP) is 4.35. The van der Waals surface area contributed by atoms with Crippen LogP contribution in [-0.2, 0) is 0 Å². The first-order chi connectivity index (χ1) is 12.4. The summed E-state index contributed by atoms with van der Waals surface area (Å²) < 4.78 is 6.35. The molecule has 136 valence electrons. The van der Waals surface area contributed by atoms with Crippen molar-refractivity contribution in [3.05, 3.63) is 59.7 Å². The van der Waals surface area contributed by atoms with Gasteiger partial charge in [0.25, 0.3) is 0 Å². The number of rotatable bonds is 8. The van der Waals surface area contributed by atoms with Crippen molar-refractivity contribution in [2.75, 3.05) is 0 Å². The molecule has 0 bridgehead atoms. The molecule has 2 aromatic carbocycles. The molecule has 4 nitrogen and oxygen atoms in total. The third-order valence-electron chi connectivity index (χ3n) is 4.76. The lowest BCUT2D eigenvalue weighted by molar-refractivity contribution is 0.0697. The molecule has 1 N–H and O–H groups in total. The molecule has 1 atom stereocenters. The van der Waals surface area contributed by atoms with E-state index in [0.717, 1.165) is 25.0 Å². The van der Waals surface area contributed by atoms with E-state index in [0.29, 0.717) is 11.1 Å². The highest BCUT2D eigenvalue weighted by Crippen LogP contribution is 2.23. The van der Waals surface area contributed by atoms with Gasteiger partial charge in [-0.1, -0.05) is 50.2 Å². The Labute approximate surface area is 156 Å². The highest BCUT2D eigenvalue weighted by molar-refractivity contribution is 6.90. The summed E-state index contributed by atoms with van der Waals surface area (Å²) >= 11 is 0. The molecule has 0 aromatic heterocycles. The fourth-order valence-electron chi connectivity index (χ4n) is 2.96. The van der Waals surface area contributed by atoms with E-state index in [1.54, 1.807) is 24.3 Å². The molecule has 0 saturated carbocycles. The standard InChI is InChI=1S/C21H25NO3Si/c1-4-5-6-20(25-18-11-7-16(15-22)8-12-18)26(2,3)19-13-9-17(10-14-19)21(23)24/h7-14,20H,4-6H2,1-3H3,(H,23,24). The molecule has 0 aliphatic carbocycles. The summed E-state index contributed by atoms with van der Waals surface area (Å²) in [7, 11) is -1.99. The maximum atomic E-state index is 11.1. The summed E-state index contributed by atoms with van der Waals surface area (Å²) in [5.74, 6) is -0.139. The Bertz CT molecular complexity index is 776. The van der Waals surface area contributed by atoms with Crippen LogP contribution in [0.2, 0.25) is 13.1 Å². The van der Waals surface area contributed by atoms with Crippen molar-refractivity contribution in [1.29, 1.82) is 5.26 Å². The number of carboxylic acids is 1. The fourth-order valence-corrected chi connectivity index (χ4v) is 5.71. The van der Waals surface area contributed by atoms with Crippen molar-refractivity contribution in [1.82, 2.24) is 0 Å². The van der Waals surface area contributed by atoms with Crippen LogP contribution in [0.5, 0.6) is 5.75 Å². The van der Waals surface area contributed by atoms with Gasteiger partial charge in [0.2, 0.25) is 0 Å². The maximum Gasteiger partial charge on any atom is 0.335 e. The third kappa shape index (κ3) is 4.74. The number of nitriles is 1. The van der Waals surface area contributed by atoms with Gasteiger partial charge < -0.3 is 9.84 Å². The van der Waals surface area contributed by atoms with Crippen LogP contribution >= 0.6 is 0 Å². The van der Waals surface area contributed by atoms with Gasteiger partial charge in [-0.05, 0) is 42.8 Å². The van der Waals surface area contributed by atoms with Crippen LogP contribution in [0.15, 0.2) is 48.5 Å². The van der Waals surface area contributed by atoms with E-state index in [1.807, 2.05) is 24.3 Å². The molecule has 0 aliphatic heterocycles. The van der Waals surface area contributed by atoms with E-state index >= 15 is 0 Å². The van der Waals surface area contributed by atoms with Crippen molar-refractivity contribution < 1.29 is 14.6 Å². The third-order valence-corrected chi connectivity index (χ3v) is 8.60. The number of benzene rings is 2. The Balaban J connectivity index is 2.27. The van der Waals surface area contributed by atoms with Gasteiger partial charge in [-0.3, -0.25) is 0 Å². The lowest BCUT2D eigenvalue weighted by atomic mass is 10.2. The summed E-state index contributed by atoms with van der Waals surface area (Å²) in [5, 5.41) is 19.2. The lowest BCUT2D eigenvalue weighted by Gasteiger charge is -2.33. The van der Waals surface area contributed by atoms with Gasteiger partial charge in [-0.2, -0.15) is 5.26 Å². The van der Waals surface area contributed by atoms with E-state index in [4.69, 9.17) is 15.1 Å². The molecular formula is C21H25NO3Si. The summed E-state index contributed by atoms with van der Waals surface area (Å²) in [6, 6.07) is 16.5. The van der Waals surface area contributed by atoms with Crippen LogP contribution in [0.4, 0.5) is 0 Å². The van der Waals surface area contributed by atoms with Crippen molar-refractivity contribution in [3.8, 4) is 11.8 Å². The smallest absolute Gasteiger partial charge is 0.335 e. The Kier molecular flexibility index (Phi) is 6.59. The van der Waals surface area contributed by atoms with Gasteiger partial charge in [-0.25, -0.2) is 4.79 Å². The minimum Gasteiger partial charge on any atom is -0.494 e. The first-order valence-electron chi connectivity index (χ1n) is 8.89. The Morgan fingerprint density at radius 3 is 2.27 bits per heavy atom. The Morgan fingerprint density at radius 2 is 1.77 bits per heavy atom. The lowest BCUT2D eigenvalue weighted by Crippen LogP contribution is -2.55. The zero-order valence-corrected chi connectivity index (χ0v) is 16.5.